The van der Waals surface area contributed by atoms with Crippen LogP contribution in [0.1, 0.15) is 11.6 Å². The van der Waals surface area contributed by atoms with Crippen molar-refractivity contribution in [1.29, 1.82) is 0 Å². The fourth-order valence-corrected chi connectivity index (χ4v) is 3.06. The van der Waals surface area contributed by atoms with Crippen molar-refractivity contribution in [3.8, 4) is 0 Å². The highest BCUT2D eigenvalue weighted by Gasteiger charge is 2.09. The molecule has 1 unspecified atom stereocenters. The fraction of sp³-hybridized carbons (Fsp3) is 0.200. The second kappa shape index (κ2) is 7.08. The van der Waals surface area contributed by atoms with E-state index in [9.17, 15) is 4.39 Å². The second-order valence-corrected chi connectivity index (χ2v) is 6.17. The number of benzene rings is 2. The van der Waals surface area contributed by atoms with Gasteiger partial charge in [-0.3, -0.25) is 0 Å². The van der Waals surface area contributed by atoms with E-state index in [2.05, 4.69) is 33.4 Å². The highest BCUT2D eigenvalue weighted by atomic mass is 79.9. The molecule has 1 atom stereocenters. The molecule has 4 heteroatoms. The van der Waals surface area contributed by atoms with Gasteiger partial charge in [0.2, 0.25) is 0 Å². The van der Waals surface area contributed by atoms with Crippen LogP contribution in [0.15, 0.2) is 57.9 Å². The first-order valence-electron chi connectivity index (χ1n) is 6.00. The van der Waals surface area contributed by atoms with Gasteiger partial charge in [0.15, 0.2) is 0 Å². The highest BCUT2D eigenvalue weighted by Crippen LogP contribution is 2.25. The molecule has 2 aromatic rings. The Hall–Kier alpha value is -0.840. The van der Waals surface area contributed by atoms with E-state index in [1.54, 1.807) is 11.8 Å². The third-order valence-electron chi connectivity index (χ3n) is 2.85. The minimum Gasteiger partial charge on any atom is -0.312 e. The summed E-state index contributed by atoms with van der Waals surface area (Å²) < 4.78 is 14.0. The van der Waals surface area contributed by atoms with E-state index in [4.69, 9.17) is 0 Å². The maximum atomic E-state index is 12.9. The van der Waals surface area contributed by atoms with Gasteiger partial charge in [-0.15, -0.1) is 11.8 Å². The van der Waals surface area contributed by atoms with Gasteiger partial charge in [0.05, 0.1) is 0 Å². The van der Waals surface area contributed by atoms with Crippen LogP contribution >= 0.6 is 27.7 Å². The molecular weight excluding hydrogens is 325 g/mol. The van der Waals surface area contributed by atoms with Crippen LogP contribution in [-0.4, -0.2) is 12.8 Å². The van der Waals surface area contributed by atoms with Crippen LogP contribution in [0.3, 0.4) is 0 Å². The molecule has 0 amide bonds. The zero-order valence-corrected chi connectivity index (χ0v) is 13.0. The van der Waals surface area contributed by atoms with Gasteiger partial charge in [-0.2, -0.15) is 0 Å². The molecule has 2 aromatic carbocycles. The largest absolute Gasteiger partial charge is 0.312 e. The fourth-order valence-electron chi connectivity index (χ4n) is 1.75. The topological polar surface area (TPSA) is 12.0 Å². The van der Waals surface area contributed by atoms with Crippen molar-refractivity contribution in [2.45, 2.75) is 10.9 Å². The quantitative estimate of drug-likeness (QED) is 0.796. The number of nitrogens with one attached hydrogen (secondary N) is 1. The number of hydrogen-bond acceptors (Lipinski definition) is 2. The Balaban J connectivity index is 1.99. The Morgan fingerprint density at radius 2 is 1.74 bits per heavy atom. The summed E-state index contributed by atoms with van der Waals surface area (Å²) in [5.41, 5.74) is 1.11. The van der Waals surface area contributed by atoms with Crippen molar-refractivity contribution < 1.29 is 4.39 Å². The van der Waals surface area contributed by atoms with E-state index < -0.39 is 0 Å². The lowest BCUT2D eigenvalue weighted by atomic mass is 10.1. The van der Waals surface area contributed by atoms with Crippen LogP contribution in [0.5, 0.6) is 0 Å². The predicted octanol–water partition coefficient (Wildman–Crippen LogP) is 4.64. The molecule has 0 heterocycles. The molecule has 1 N–H and O–H groups in total. The molecule has 1 nitrogen and oxygen atoms in total. The van der Waals surface area contributed by atoms with Gasteiger partial charge in [-0.25, -0.2) is 4.39 Å². The Labute approximate surface area is 125 Å². The van der Waals surface area contributed by atoms with Crippen LogP contribution in [0.2, 0.25) is 0 Å². The first-order chi connectivity index (χ1) is 9.19. The summed E-state index contributed by atoms with van der Waals surface area (Å²) >= 11 is 5.21. The molecule has 0 aliphatic heterocycles. The lowest BCUT2D eigenvalue weighted by molar-refractivity contribution is 0.620. The molecule has 100 valence electrons. The molecule has 0 saturated heterocycles. The van der Waals surface area contributed by atoms with Gasteiger partial charge < -0.3 is 5.32 Å². The molecule has 0 aromatic heterocycles. The van der Waals surface area contributed by atoms with Gasteiger partial charge in [-0.05, 0) is 49.0 Å². The molecular formula is C15H15BrFNS. The standard InChI is InChI=1S/C15H15BrFNS/c1-18-15(11-2-6-13(17)7-3-11)10-19-14-8-4-12(16)5-9-14/h2-9,15,18H,10H2,1H3. The highest BCUT2D eigenvalue weighted by molar-refractivity contribution is 9.10. The number of halogens is 2. The SMILES string of the molecule is CNC(CSc1ccc(Br)cc1)c1ccc(F)cc1. The molecule has 0 aliphatic carbocycles. The molecule has 0 spiro atoms. The predicted molar refractivity (Wildman–Crippen MR) is 83.1 cm³/mol. The van der Waals surface area contributed by atoms with Crippen LogP contribution in [0.4, 0.5) is 4.39 Å². The van der Waals surface area contributed by atoms with E-state index in [1.165, 1.54) is 17.0 Å². The third kappa shape index (κ3) is 4.34. The molecule has 0 bridgehead atoms. The smallest absolute Gasteiger partial charge is 0.123 e. The molecule has 19 heavy (non-hydrogen) atoms. The number of hydrogen-bond donors (Lipinski definition) is 1. The van der Waals surface area contributed by atoms with Gasteiger partial charge >= 0.3 is 0 Å². The lowest BCUT2D eigenvalue weighted by Crippen LogP contribution is -2.18. The van der Waals surface area contributed by atoms with Crippen LogP contribution in [0, 0.1) is 5.82 Å². The monoisotopic (exact) mass is 339 g/mol. The van der Waals surface area contributed by atoms with E-state index >= 15 is 0 Å². The first kappa shape index (κ1) is 14.6. The van der Waals surface area contributed by atoms with Crippen LogP contribution in [0.25, 0.3) is 0 Å². The maximum Gasteiger partial charge on any atom is 0.123 e. The normalized spacial score (nSPS) is 12.4. The van der Waals surface area contributed by atoms with Crippen molar-refractivity contribution in [3.63, 3.8) is 0 Å². The molecule has 2 rings (SSSR count). The van der Waals surface area contributed by atoms with Crippen molar-refractivity contribution in [2.75, 3.05) is 12.8 Å². The van der Waals surface area contributed by atoms with Crippen molar-refractivity contribution in [1.82, 2.24) is 5.32 Å². The van der Waals surface area contributed by atoms with Gasteiger partial charge in [0.25, 0.3) is 0 Å². The summed E-state index contributed by atoms with van der Waals surface area (Å²) in [6, 6.07) is 15.1. The van der Waals surface area contributed by atoms with Crippen LogP contribution < -0.4 is 5.32 Å². The number of rotatable bonds is 5. The van der Waals surface area contributed by atoms with Gasteiger partial charge in [-0.1, -0.05) is 28.1 Å². The van der Waals surface area contributed by atoms with E-state index in [0.29, 0.717) is 0 Å². The summed E-state index contributed by atoms with van der Waals surface area (Å²) in [5.74, 6) is 0.711. The van der Waals surface area contributed by atoms with Crippen molar-refractivity contribution in [3.05, 3.63) is 64.4 Å². The summed E-state index contributed by atoms with van der Waals surface area (Å²) in [7, 11) is 1.93. The molecule has 0 fully saturated rings. The minimum atomic E-state index is -0.195. The van der Waals surface area contributed by atoms with Gasteiger partial charge in [0.1, 0.15) is 5.82 Å². The lowest BCUT2D eigenvalue weighted by Gasteiger charge is -2.16. The first-order valence-corrected chi connectivity index (χ1v) is 7.78. The zero-order valence-electron chi connectivity index (χ0n) is 10.6. The Morgan fingerprint density at radius 1 is 1.11 bits per heavy atom. The summed E-state index contributed by atoms with van der Waals surface area (Å²) in [5, 5.41) is 3.27. The van der Waals surface area contributed by atoms with Crippen molar-refractivity contribution >= 4 is 27.7 Å². The Bertz CT molecular complexity index is 513. The van der Waals surface area contributed by atoms with Crippen LogP contribution in [-0.2, 0) is 0 Å². The van der Waals surface area contributed by atoms with E-state index in [0.717, 1.165) is 15.8 Å². The Morgan fingerprint density at radius 3 is 2.32 bits per heavy atom. The molecule has 0 radical (unpaired) electrons. The second-order valence-electron chi connectivity index (χ2n) is 4.16. The van der Waals surface area contributed by atoms with E-state index in [-0.39, 0.29) is 11.9 Å². The molecule has 0 aliphatic rings. The van der Waals surface area contributed by atoms with Crippen molar-refractivity contribution in [2.24, 2.45) is 0 Å². The summed E-state index contributed by atoms with van der Waals surface area (Å²) in [6.45, 7) is 0. The zero-order chi connectivity index (χ0) is 13.7. The minimum absolute atomic E-state index is 0.195. The summed E-state index contributed by atoms with van der Waals surface area (Å²) in [4.78, 5) is 1.23. The molecule has 0 saturated carbocycles. The maximum absolute atomic E-state index is 12.9. The van der Waals surface area contributed by atoms with Gasteiger partial charge in [0, 0.05) is 21.2 Å². The Kier molecular flexibility index (Phi) is 5.43. The van der Waals surface area contributed by atoms with E-state index in [1.807, 2.05) is 31.3 Å². The average Bonchev–Trinajstić information content (AvgIpc) is 2.43. The third-order valence-corrected chi connectivity index (χ3v) is 4.49. The average molecular weight is 340 g/mol. The number of thioether (sulfide) groups is 1. The summed E-state index contributed by atoms with van der Waals surface area (Å²) in [6.07, 6.45) is 0.